The number of hydrogen-bond acceptors (Lipinski definition) is 3. The largest absolute Gasteiger partial charge is 1.00 e. The summed E-state index contributed by atoms with van der Waals surface area (Å²) in [6, 6.07) is 0. The van der Waals surface area contributed by atoms with Crippen molar-refractivity contribution in [2.75, 3.05) is 0 Å². The molecule has 0 aromatic rings. The van der Waals surface area contributed by atoms with Crippen LogP contribution in [-0.4, -0.2) is 17.5 Å². The van der Waals surface area contributed by atoms with Crippen molar-refractivity contribution in [3.8, 4) is 0 Å². The topological polar surface area (TPSA) is 114 Å². The van der Waals surface area contributed by atoms with Gasteiger partial charge < -0.3 is 23.1 Å². The quantitative estimate of drug-likeness (QED) is 0.224. The van der Waals surface area contributed by atoms with Crippen LogP contribution in [0.1, 0.15) is 0 Å². The van der Waals surface area contributed by atoms with E-state index < -0.39 is 10.4 Å². The van der Waals surface area contributed by atoms with E-state index in [1.807, 2.05) is 0 Å². The van der Waals surface area contributed by atoms with Gasteiger partial charge in [0.15, 0.2) is 0 Å². The van der Waals surface area contributed by atoms with E-state index in [0.29, 0.717) is 0 Å². The fraction of sp³-hybridized carbons (Fsp3) is 0. The second-order valence-corrected chi connectivity index (χ2v) is 1.28. The van der Waals surface area contributed by atoms with Gasteiger partial charge in [-0.25, -0.2) is 8.42 Å². The van der Waals surface area contributed by atoms with Crippen LogP contribution in [0.4, 0.5) is 0 Å². The first-order chi connectivity index (χ1) is 2.00. The summed E-state index contributed by atoms with van der Waals surface area (Å²) >= 11 is 0. The molecule has 0 amide bonds. The van der Waals surface area contributed by atoms with Crippen molar-refractivity contribution in [3.63, 3.8) is 0 Å². The Kier molecular flexibility index (Phi) is 24.7. The summed E-state index contributed by atoms with van der Waals surface area (Å²) in [5, 5.41) is 0. The second kappa shape index (κ2) is 8.76. The van der Waals surface area contributed by atoms with Gasteiger partial charge in [0, 0.05) is 0 Å². The Morgan fingerprint density at radius 3 is 1.38 bits per heavy atom. The molecule has 0 fully saturated rings. The molecule has 0 aliphatic rings. The Labute approximate surface area is 96.2 Å². The number of hydrogen-bond donors (Lipinski definition) is 2. The van der Waals surface area contributed by atoms with Gasteiger partial charge in [0.05, 0.1) is 0 Å². The molecule has 0 aromatic heterocycles. The first kappa shape index (κ1) is 22.6. The summed E-state index contributed by atoms with van der Waals surface area (Å²) in [5.74, 6) is 0. The van der Waals surface area contributed by atoms with E-state index in [4.69, 9.17) is 17.5 Å². The van der Waals surface area contributed by atoms with E-state index in [1.165, 1.54) is 0 Å². The van der Waals surface area contributed by atoms with E-state index in [2.05, 4.69) is 0 Å². The summed E-state index contributed by atoms with van der Waals surface area (Å²) in [4.78, 5) is 0. The van der Waals surface area contributed by atoms with Crippen LogP contribution in [0, 0.1) is 0 Å². The summed E-state index contributed by atoms with van der Waals surface area (Å²) in [6.45, 7) is 0. The smallest absolute Gasteiger partial charge is 1.00 e. The maximum absolute atomic E-state index is 8.63. The van der Waals surface area contributed by atoms with Gasteiger partial charge in [0.2, 0.25) is 10.4 Å². The molecule has 8 heteroatoms. The zero-order valence-corrected chi connectivity index (χ0v) is 9.15. The molecule has 0 rings (SSSR count). The van der Waals surface area contributed by atoms with Crippen molar-refractivity contribution < 1.29 is 81.3 Å². The second-order valence-electron chi connectivity index (χ2n) is 0.428. The summed E-state index contributed by atoms with van der Waals surface area (Å²) in [6.07, 6.45) is 0. The molecule has 0 unspecified atom stereocenters. The molecule has 8 heavy (non-hydrogen) atoms. The third-order valence-corrected chi connectivity index (χ3v) is 0. The Morgan fingerprint density at radius 1 is 1.38 bits per heavy atom. The van der Waals surface area contributed by atoms with Crippen LogP contribution in [0.3, 0.4) is 0 Å². The molecule has 5 N–H and O–H groups in total. The average molecular weight is 190 g/mol. The zero-order chi connectivity index (χ0) is 4.50. The molecule has 48 valence electrons. The molecule has 0 saturated heterocycles. The van der Waals surface area contributed by atoms with Crippen LogP contribution in [0.25, 0.3) is 0 Å². The number of rotatable bonds is 0. The minimum atomic E-state index is -4.92. The minimum absolute atomic E-state index is 0. The van der Waals surface area contributed by atoms with Crippen LogP contribution < -0.4 is 69.9 Å². The molecule has 0 saturated carbocycles. The first-order valence-electron chi connectivity index (χ1n) is 0.683. The molecule has 0 aromatic carbocycles. The fourth-order valence-electron chi connectivity index (χ4n) is 0. The maximum atomic E-state index is 8.63. The van der Waals surface area contributed by atoms with Crippen LogP contribution >= 0.6 is 0 Å². The molecule has 0 heterocycles. The SMILES string of the molecule is O=S(=O)([O-])O.[Cl-].[K+].[NH4+]. The molecule has 0 bridgehead atoms. The van der Waals surface area contributed by atoms with Crippen LogP contribution in [-0.2, 0) is 10.4 Å². The average Bonchev–Trinajstić information content (AvgIpc) is 0.722. The van der Waals surface area contributed by atoms with E-state index in [1.54, 1.807) is 0 Å². The molecule has 0 atom stereocenters. The van der Waals surface area contributed by atoms with Crippen molar-refractivity contribution in [1.82, 2.24) is 6.15 Å². The number of halogens is 1. The van der Waals surface area contributed by atoms with Gasteiger partial charge in [0.1, 0.15) is 0 Å². The summed E-state index contributed by atoms with van der Waals surface area (Å²) < 4.78 is 32.8. The van der Waals surface area contributed by atoms with Gasteiger partial charge in [-0.15, -0.1) is 0 Å². The number of quaternary nitrogens is 1. The van der Waals surface area contributed by atoms with Gasteiger partial charge in [-0.3, -0.25) is 4.55 Å². The molecular weight excluding hydrogens is 185 g/mol. The minimum Gasteiger partial charge on any atom is -1.00 e. The van der Waals surface area contributed by atoms with Crippen molar-refractivity contribution in [1.29, 1.82) is 0 Å². The van der Waals surface area contributed by atoms with E-state index in [0.717, 1.165) is 0 Å². The predicted octanol–water partition coefficient (Wildman–Crippen LogP) is -6.61. The monoisotopic (exact) mass is 189 g/mol. The van der Waals surface area contributed by atoms with E-state index >= 15 is 0 Å². The van der Waals surface area contributed by atoms with Gasteiger partial charge in [-0.1, -0.05) is 0 Å². The van der Waals surface area contributed by atoms with Crippen molar-refractivity contribution in [3.05, 3.63) is 0 Å². The van der Waals surface area contributed by atoms with Crippen molar-refractivity contribution in [2.45, 2.75) is 0 Å². The Morgan fingerprint density at radius 2 is 1.38 bits per heavy atom. The van der Waals surface area contributed by atoms with E-state index in [-0.39, 0.29) is 69.9 Å². The summed E-state index contributed by atoms with van der Waals surface area (Å²) in [5.41, 5.74) is 0. The van der Waals surface area contributed by atoms with Gasteiger partial charge in [0.25, 0.3) is 0 Å². The predicted molar refractivity (Wildman–Crippen MR) is 18.3 cm³/mol. The Hall–Kier alpha value is 1.76. The maximum Gasteiger partial charge on any atom is 1.00 e. The molecule has 0 spiro atoms. The normalized spacial score (nSPS) is 7.25. The molecular formula is H5ClKNO4S. The third-order valence-electron chi connectivity index (χ3n) is 0. The van der Waals surface area contributed by atoms with Crippen molar-refractivity contribution >= 4 is 10.4 Å². The van der Waals surface area contributed by atoms with Gasteiger partial charge >= 0.3 is 51.4 Å². The molecule has 5 nitrogen and oxygen atoms in total. The third kappa shape index (κ3) is 115. The van der Waals surface area contributed by atoms with Crippen molar-refractivity contribution in [2.24, 2.45) is 0 Å². The Balaban J connectivity index is -0.0000000267. The summed E-state index contributed by atoms with van der Waals surface area (Å²) in [7, 11) is -4.92. The molecule has 0 aliphatic heterocycles. The molecule has 0 radical (unpaired) electrons. The first-order valence-corrected chi connectivity index (χ1v) is 2.05. The van der Waals surface area contributed by atoms with Crippen LogP contribution in [0.5, 0.6) is 0 Å². The van der Waals surface area contributed by atoms with Crippen LogP contribution in [0.2, 0.25) is 0 Å². The van der Waals surface area contributed by atoms with Crippen LogP contribution in [0.15, 0.2) is 0 Å². The zero-order valence-electron chi connectivity index (χ0n) is 4.46. The van der Waals surface area contributed by atoms with Gasteiger partial charge in [-0.2, -0.15) is 0 Å². The van der Waals surface area contributed by atoms with Gasteiger partial charge in [-0.05, 0) is 0 Å². The van der Waals surface area contributed by atoms with E-state index in [9.17, 15) is 0 Å². The standard InChI is InChI=1S/ClH.K.H3N.H2O4S/c;;;1-5(2,3)4/h1H;;1H3;(H2,1,2,3,4)/q;+1;;/p-1. The Bertz CT molecular complexity index is 99.2. The molecule has 0 aliphatic carbocycles. The fourth-order valence-corrected chi connectivity index (χ4v) is 0.